The summed E-state index contributed by atoms with van der Waals surface area (Å²) in [7, 11) is 0. The molecule has 2 aliphatic heterocycles. The molecule has 2 aromatic heterocycles. The molecule has 1 atom stereocenters. The van der Waals surface area contributed by atoms with Gasteiger partial charge in [-0.2, -0.15) is 20.8 Å². The number of ether oxygens (including phenoxy) is 2. The molecule has 1 unspecified atom stereocenters. The van der Waals surface area contributed by atoms with Crippen molar-refractivity contribution >= 4 is 54.3 Å². The summed E-state index contributed by atoms with van der Waals surface area (Å²) in [5.74, 6) is -4.85. The summed E-state index contributed by atoms with van der Waals surface area (Å²) >= 11 is 1.19. The Hall–Kier alpha value is -4.37. The van der Waals surface area contributed by atoms with Gasteiger partial charge in [0.15, 0.2) is 45.7 Å². The minimum absolute atomic E-state index is 0.260. The molecule has 2 aliphatic rings. The molecule has 0 amide bonds. The quantitative estimate of drug-likeness (QED) is 0.0301. The number of carbonyl (C=O) groups excluding carboxylic acids is 2. The number of rotatable bonds is 14. The third-order valence-corrected chi connectivity index (χ3v) is 22.7. The standard InChI is InChI=1S/C14H11F2IN2O2.C14H12F2N2O2.C8H12N4.3C4H9.Sn.H/c1-14(6-17)5-11-12(13(20)21-14)19(7-18-11)8-2-3-9(15)10(16)4-8;1-14(2)6-11-12(13(19)20-14)18(7-17-11)8-3-4-9(15)10(16)5-8;1-7(2,5-9)11-12-8(3,4)6-10;3*1-3-4-2;;/h2-4,7H,5-6H2,1H3;3-5,7H,6H2,1-2H3;1-4H3;3*1,3-4H2,2H3;;. The summed E-state index contributed by atoms with van der Waals surface area (Å²) in [6.07, 6.45) is 12.7. The Morgan fingerprint density at radius 2 is 1.09 bits per heavy atom. The van der Waals surface area contributed by atoms with Gasteiger partial charge < -0.3 is 9.47 Å². The van der Waals surface area contributed by atoms with E-state index in [4.69, 9.17) is 20.0 Å². The summed E-state index contributed by atoms with van der Waals surface area (Å²) < 4.78 is 71.9. The number of azo groups is 1. The Labute approximate surface area is 407 Å². The molecule has 0 radical (unpaired) electrons. The topological polar surface area (TPSA) is 161 Å². The zero-order valence-corrected chi connectivity index (χ0v) is 45.2. The fourth-order valence-corrected chi connectivity index (χ4v) is 18.1. The van der Waals surface area contributed by atoms with Crippen LogP contribution in [0.1, 0.15) is 140 Å². The van der Waals surface area contributed by atoms with Crippen LogP contribution in [0, 0.1) is 45.9 Å². The fraction of sp³-hybridized carbons (Fsp3) is 0.542. The summed E-state index contributed by atoms with van der Waals surface area (Å²) in [5.41, 5.74) is -0.492. The molecule has 0 saturated heterocycles. The second kappa shape index (κ2) is 25.1. The third-order valence-electron chi connectivity index (χ3n) is 10.6. The predicted octanol–water partition coefficient (Wildman–Crippen LogP) is 12.4. The molecule has 0 N–H and O–H groups in total. The molecule has 12 nitrogen and oxygen atoms in total. The average Bonchev–Trinajstić information content (AvgIpc) is 3.90. The van der Waals surface area contributed by atoms with E-state index in [1.54, 1.807) is 54.9 Å². The monoisotopic (exact) mass is 1140 g/mol. The van der Waals surface area contributed by atoms with Crippen LogP contribution in [0.2, 0.25) is 13.3 Å². The summed E-state index contributed by atoms with van der Waals surface area (Å²) in [6.45, 7) is 19.0. The number of imidazole rings is 2. The number of hydrogen-bond donors (Lipinski definition) is 0. The number of aromatic nitrogens is 4. The first kappa shape index (κ1) is 56.0. The summed E-state index contributed by atoms with van der Waals surface area (Å²) in [5, 5.41) is 24.7. The van der Waals surface area contributed by atoms with Crippen molar-refractivity contribution in [3.05, 3.63) is 95.1 Å². The molecule has 0 bridgehead atoms. The van der Waals surface area contributed by atoms with Crippen LogP contribution in [0.3, 0.4) is 0 Å². The Morgan fingerprint density at radius 1 is 0.697 bits per heavy atom. The van der Waals surface area contributed by atoms with Gasteiger partial charge in [0.05, 0.1) is 34.9 Å². The van der Waals surface area contributed by atoms with Crippen LogP contribution in [-0.4, -0.2) is 77.5 Å². The van der Waals surface area contributed by atoms with Gasteiger partial charge in [-0.25, -0.2) is 37.1 Å². The number of alkyl halides is 1. The first-order chi connectivity index (χ1) is 31.0. The van der Waals surface area contributed by atoms with Crippen molar-refractivity contribution in [3.63, 3.8) is 0 Å². The predicted molar refractivity (Wildman–Crippen MR) is 257 cm³/mol. The molecular weight excluding hydrogens is 1070 g/mol. The van der Waals surface area contributed by atoms with E-state index in [0.717, 1.165) is 24.3 Å². The fourth-order valence-electron chi connectivity index (χ4n) is 6.80. The van der Waals surface area contributed by atoms with Crippen LogP contribution in [0.25, 0.3) is 11.4 Å². The molecule has 358 valence electrons. The molecule has 18 heteroatoms. The number of hydrogen-bond acceptors (Lipinski definition) is 10. The van der Waals surface area contributed by atoms with Crippen molar-refractivity contribution in [2.45, 2.75) is 156 Å². The number of nitrogens with zero attached hydrogens (tertiary/aromatic N) is 8. The molecule has 0 spiro atoms. The normalized spacial score (nSPS) is 16.2. The third kappa shape index (κ3) is 16.4. The number of cyclic esters (lactones) is 2. The molecule has 0 aliphatic carbocycles. The van der Waals surface area contributed by atoms with E-state index in [9.17, 15) is 27.2 Å². The Bertz CT molecular complexity index is 2340. The van der Waals surface area contributed by atoms with E-state index in [1.165, 1.54) is 72.4 Å². The van der Waals surface area contributed by atoms with Crippen molar-refractivity contribution < 1.29 is 36.6 Å². The van der Waals surface area contributed by atoms with Gasteiger partial charge in [-0.05, 0) is 72.7 Å². The number of carbonyl (C=O) groups is 2. The first-order valence-corrected chi connectivity index (χ1v) is 30.8. The molecule has 4 heterocycles. The summed E-state index contributed by atoms with van der Waals surface area (Å²) in [6, 6.07) is 10.8. The number of esters is 2. The molecule has 2 aromatic carbocycles. The Kier molecular flexibility index (Phi) is 21.3. The van der Waals surface area contributed by atoms with E-state index in [2.05, 4.69) is 63.6 Å². The van der Waals surface area contributed by atoms with Crippen molar-refractivity contribution in [1.82, 2.24) is 19.1 Å². The van der Waals surface area contributed by atoms with Gasteiger partial charge in [-0.3, -0.25) is 9.13 Å². The maximum atomic E-state index is 13.4. The van der Waals surface area contributed by atoms with Gasteiger partial charge in [-0.1, -0.05) is 22.6 Å². The van der Waals surface area contributed by atoms with Crippen LogP contribution in [-0.2, 0) is 22.3 Å². The molecule has 6 rings (SSSR count). The molecule has 0 fully saturated rings. The number of halogens is 5. The number of benzene rings is 2. The Balaban J connectivity index is 0.000000241. The van der Waals surface area contributed by atoms with Gasteiger partial charge in [0, 0.05) is 29.4 Å². The second-order valence-corrected chi connectivity index (χ2v) is 29.0. The van der Waals surface area contributed by atoms with Gasteiger partial charge in [-0.15, -0.1) is 0 Å². The van der Waals surface area contributed by atoms with E-state index < -0.39 is 77.2 Å². The Morgan fingerprint density at radius 3 is 1.45 bits per heavy atom. The van der Waals surface area contributed by atoms with Crippen LogP contribution >= 0.6 is 22.6 Å². The van der Waals surface area contributed by atoms with E-state index >= 15 is 0 Å². The van der Waals surface area contributed by atoms with E-state index in [0.29, 0.717) is 40.0 Å². The molecule has 0 saturated carbocycles. The zero-order valence-electron chi connectivity index (χ0n) is 39.8. The van der Waals surface area contributed by atoms with Crippen LogP contribution in [0.15, 0.2) is 59.3 Å². The van der Waals surface area contributed by atoms with Gasteiger partial charge in [0.1, 0.15) is 23.9 Å². The second-order valence-electron chi connectivity index (χ2n) is 18.3. The minimum atomic E-state index is -0.977. The van der Waals surface area contributed by atoms with Crippen LogP contribution in [0.5, 0.6) is 0 Å². The molecular formula is C48H63F4IN8O4Sn. The van der Waals surface area contributed by atoms with Crippen LogP contribution < -0.4 is 0 Å². The van der Waals surface area contributed by atoms with Crippen molar-refractivity contribution in [2.24, 2.45) is 10.2 Å². The molecule has 66 heavy (non-hydrogen) atoms. The van der Waals surface area contributed by atoms with Crippen LogP contribution in [0.4, 0.5) is 17.6 Å². The van der Waals surface area contributed by atoms with E-state index in [-0.39, 0.29) is 11.4 Å². The average molecular weight is 1140 g/mol. The van der Waals surface area contributed by atoms with Crippen molar-refractivity contribution in [3.8, 4) is 23.5 Å². The maximum absolute atomic E-state index is 13.4. The summed E-state index contributed by atoms with van der Waals surface area (Å²) in [4.78, 5) is 32.7. The van der Waals surface area contributed by atoms with Gasteiger partial charge in [0.2, 0.25) is 0 Å². The van der Waals surface area contributed by atoms with Gasteiger partial charge in [0.25, 0.3) is 0 Å². The SMILES string of the molecule is CC(C)(C#N)N=NC(C)(C)C#N.CC1(C)Cc2ncn(-c3ccc(F)c(F)c3)c2C(=O)O1.CC1(CI)Cc2ncn(-c3ccc(F)c(F)c3)c2C(=O)O1.CCC[CH2][SnH]([CH2]CCC)[CH2]CCC. The molecule has 4 aromatic rings. The number of fused-ring (bicyclic) bond motifs is 2. The number of unbranched alkanes of at least 4 members (excludes halogenated alkanes) is 3. The first-order valence-electron chi connectivity index (χ1n) is 22.3. The van der Waals surface area contributed by atoms with Crippen molar-refractivity contribution in [2.75, 3.05) is 4.43 Å². The van der Waals surface area contributed by atoms with Crippen molar-refractivity contribution in [1.29, 1.82) is 10.5 Å². The zero-order chi connectivity index (χ0) is 49.5. The van der Waals surface area contributed by atoms with E-state index in [1.807, 2.05) is 19.1 Å². The number of nitriles is 2. The van der Waals surface area contributed by atoms with Gasteiger partial charge >= 0.3 is 104 Å².